The van der Waals surface area contributed by atoms with Crippen molar-refractivity contribution < 1.29 is 22.7 Å². The van der Waals surface area contributed by atoms with E-state index in [9.17, 15) is 17.9 Å². The number of benzene rings is 2. The van der Waals surface area contributed by atoms with E-state index < -0.39 is 27.5 Å². The monoisotopic (exact) mass is 372 g/mol. The van der Waals surface area contributed by atoms with Crippen LogP contribution in [0.4, 0.5) is 4.39 Å². The molecule has 7 heteroatoms. The highest BCUT2D eigenvalue weighted by Crippen LogP contribution is 2.25. The third kappa shape index (κ3) is 4.69. The number of ether oxygens (including phenoxy) is 1. The molecular formula is C17H18ClFO4S. The summed E-state index contributed by atoms with van der Waals surface area (Å²) >= 11 is 5.81. The van der Waals surface area contributed by atoms with Crippen molar-refractivity contribution in [2.24, 2.45) is 0 Å². The van der Waals surface area contributed by atoms with E-state index in [0.717, 1.165) is 11.6 Å². The quantitative estimate of drug-likeness (QED) is 0.845. The molecule has 24 heavy (non-hydrogen) atoms. The lowest BCUT2D eigenvalue weighted by molar-refractivity contribution is 0.125. The lowest BCUT2D eigenvalue weighted by atomic mass is 10.2. The van der Waals surface area contributed by atoms with Crippen molar-refractivity contribution in [1.29, 1.82) is 0 Å². The van der Waals surface area contributed by atoms with Crippen LogP contribution in [0.1, 0.15) is 11.1 Å². The fraction of sp³-hybridized carbons (Fsp3) is 0.294. The van der Waals surface area contributed by atoms with Crippen molar-refractivity contribution in [2.75, 3.05) is 12.4 Å². The van der Waals surface area contributed by atoms with E-state index in [1.807, 2.05) is 6.92 Å². The van der Waals surface area contributed by atoms with Crippen LogP contribution in [0.15, 0.2) is 41.3 Å². The lowest BCUT2D eigenvalue weighted by Gasteiger charge is -2.15. The van der Waals surface area contributed by atoms with Gasteiger partial charge >= 0.3 is 0 Å². The predicted octanol–water partition coefficient (Wildman–Crippen LogP) is 3.31. The van der Waals surface area contributed by atoms with E-state index in [4.69, 9.17) is 16.3 Å². The van der Waals surface area contributed by atoms with E-state index in [1.165, 1.54) is 18.2 Å². The summed E-state index contributed by atoms with van der Waals surface area (Å²) in [7, 11) is -3.65. The second-order valence-corrected chi connectivity index (χ2v) is 8.00. The van der Waals surface area contributed by atoms with Crippen LogP contribution in [-0.2, 0) is 9.84 Å². The number of halogens is 2. The van der Waals surface area contributed by atoms with Gasteiger partial charge in [-0.15, -0.1) is 0 Å². The maximum Gasteiger partial charge on any atom is 0.181 e. The summed E-state index contributed by atoms with van der Waals surface area (Å²) < 4.78 is 43.0. The molecule has 0 aliphatic carbocycles. The zero-order valence-electron chi connectivity index (χ0n) is 13.3. The van der Waals surface area contributed by atoms with Crippen molar-refractivity contribution in [3.63, 3.8) is 0 Å². The average molecular weight is 373 g/mol. The highest BCUT2D eigenvalue weighted by atomic mass is 35.5. The van der Waals surface area contributed by atoms with Crippen molar-refractivity contribution >= 4 is 21.4 Å². The van der Waals surface area contributed by atoms with Gasteiger partial charge < -0.3 is 9.84 Å². The summed E-state index contributed by atoms with van der Waals surface area (Å²) in [6.45, 7) is 3.31. The second kappa shape index (κ2) is 7.51. The molecule has 0 saturated heterocycles. The van der Waals surface area contributed by atoms with Gasteiger partial charge in [0.2, 0.25) is 0 Å². The normalized spacial score (nSPS) is 12.9. The SMILES string of the molecule is Cc1ccc(S(=O)(=O)CC(O)COc2ccc(F)cc2Cl)c(C)c1. The Hall–Kier alpha value is -1.63. The van der Waals surface area contributed by atoms with Gasteiger partial charge in [-0.05, 0) is 43.7 Å². The summed E-state index contributed by atoms with van der Waals surface area (Å²) in [5.41, 5.74) is 1.59. The Morgan fingerprint density at radius 2 is 1.92 bits per heavy atom. The minimum atomic E-state index is -3.65. The van der Waals surface area contributed by atoms with Gasteiger partial charge in [0.15, 0.2) is 9.84 Å². The van der Waals surface area contributed by atoms with Gasteiger partial charge in [-0.2, -0.15) is 0 Å². The maximum atomic E-state index is 13.0. The minimum Gasteiger partial charge on any atom is -0.489 e. The van der Waals surface area contributed by atoms with Gasteiger partial charge in [0, 0.05) is 0 Å². The molecule has 0 saturated carbocycles. The molecule has 2 aromatic rings. The number of sulfone groups is 1. The zero-order chi connectivity index (χ0) is 17.9. The second-order valence-electron chi connectivity index (χ2n) is 5.59. The van der Waals surface area contributed by atoms with Crippen LogP contribution in [0.25, 0.3) is 0 Å². The molecule has 0 fully saturated rings. The number of aliphatic hydroxyl groups is 1. The van der Waals surface area contributed by atoms with Crippen LogP contribution >= 0.6 is 11.6 Å². The Kier molecular flexibility index (Phi) is 5.85. The standard InChI is InChI=1S/C17H18ClFO4S/c1-11-3-6-17(12(2)7-11)24(21,22)10-14(20)9-23-16-5-4-13(19)8-15(16)18/h3-8,14,20H,9-10H2,1-2H3. The molecule has 0 bridgehead atoms. The Morgan fingerprint density at radius 1 is 1.21 bits per heavy atom. The van der Waals surface area contributed by atoms with Crippen LogP contribution in [0.2, 0.25) is 5.02 Å². The molecule has 0 amide bonds. The number of hydrogen-bond donors (Lipinski definition) is 1. The summed E-state index contributed by atoms with van der Waals surface area (Å²) in [6.07, 6.45) is -1.24. The first-order chi connectivity index (χ1) is 11.2. The third-order valence-corrected chi connectivity index (χ3v) is 5.65. The highest BCUT2D eigenvalue weighted by Gasteiger charge is 2.22. The molecule has 0 aliphatic rings. The van der Waals surface area contributed by atoms with Crippen molar-refractivity contribution in [3.05, 3.63) is 58.4 Å². The molecule has 2 aromatic carbocycles. The molecule has 2 rings (SSSR count). The van der Waals surface area contributed by atoms with Gasteiger partial charge in [0.05, 0.1) is 15.7 Å². The predicted molar refractivity (Wildman–Crippen MR) is 90.9 cm³/mol. The molecule has 0 heterocycles. The summed E-state index contributed by atoms with van der Waals surface area (Å²) in [6, 6.07) is 8.58. The Balaban J connectivity index is 2.04. The Labute approximate surface area is 145 Å². The lowest BCUT2D eigenvalue weighted by Crippen LogP contribution is -2.27. The first-order valence-corrected chi connectivity index (χ1v) is 9.28. The average Bonchev–Trinajstić information content (AvgIpc) is 2.45. The highest BCUT2D eigenvalue weighted by molar-refractivity contribution is 7.91. The smallest absolute Gasteiger partial charge is 0.181 e. The molecule has 4 nitrogen and oxygen atoms in total. The largest absolute Gasteiger partial charge is 0.489 e. The topological polar surface area (TPSA) is 63.6 Å². The summed E-state index contributed by atoms with van der Waals surface area (Å²) in [4.78, 5) is 0.187. The molecule has 1 N–H and O–H groups in total. The van der Waals surface area contributed by atoms with Gasteiger partial charge in [-0.1, -0.05) is 29.3 Å². The summed E-state index contributed by atoms with van der Waals surface area (Å²) in [5.74, 6) is -0.804. The third-order valence-electron chi connectivity index (χ3n) is 3.40. The fourth-order valence-electron chi connectivity index (χ4n) is 2.32. The van der Waals surface area contributed by atoms with E-state index in [1.54, 1.807) is 19.1 Å². The van der Waals surface area contributed by atoms with Crippen molar-refractivity contribution in [1.82, 2.24) is 0 Å². The fourth-order valence-corrected chi connectivity index (χ4v) is 4.15. The van der Waals surface area contributed by atoms with Gasteiger partial charge in [-0.25, -0.2) is 12.8 Å². The van der Waals surface area contributed by atoms with E-state index in [2.05, 4.69) is 0 Å². The summed E-state index contributed by atoms with van der Waals surface area (Å²) in [5, 5.41) is 10.0. The van der Waals surface area contributed by atoms with Crippen LogP contribution in [0, 0.1) is 19.7 Å². The molecule has 0 spiro atoms. The van der Waals surface area contributed by atoms with Gasteiger partial charge in [0.1, 0.15) is 24.3 Å². The van der Waals surface area contributed by atoms with Crippen LogP contribution in [0.5, 0.6) is 5.75 Å². The van der Waals surface area contributed by atoms with Gasteiger partial charge in [0.25, 0.3) is 0 Å². The number of hydrogen-bond acceptors (Lipinski definition) is 4. The van der Waals surface area contributed by atoms with E-state index >= 15 is 0 Å². The van der Waals surface area contributed by atoms with Gasteiger partial charge in [-0.3, -0.25) is 0 Å². The number of rotatable bonds is 6. The van der Waals surface area contributed by atoms with Crippen LogP contribution in [-0.4, -0.2) is 32.0 Å². The molecule has 1 unspecified atom stereocenters. The molecular weight excluding hydrogens is 355 g/mol. The van der Waals surface area contributed by atoms with E-state index in [0.29, 0.717) is 5.56 Å². The van der Waals surface area contributed by atoms with Crippen molar-refractivity contribution in [3.8, 4) is 5.75 Å². The molecule has 0 aliphatic heterocycles. The van der Waals surface area contributed by atoms with Crippen molar-refractivity contribution in [2.45, 2.75) is 24.8 Å². The molecule has 1 atom stereocenters. The first kappa shape index (κ1) is 18.7. The van der Waals surface area contributed by atoms with Crippen LogP contribution < -0.4 is 4.74 Å². The number of aliphatic hydroxyl groups excluding tert-OH is 1. The van der Waals surface area contributed by atoms with E-state index in [-0.39, 0.29) is 22.3 Å². The molecule has 0 aromatic heterocycles. The molecule has 0 radical (unpaired) electrons. The Morgan fingerprint density at radius 3 is 2.54 bits per heavy atom. The Bertz CT molecular complexity index is 836. The zero-order valence-corrected chi connectivity index (χ0v) is 14.9. The molecule has 130 valence electrons. The minimum absolute atomic E-state index is 0.0550. The maximum absolute atomic E-state index is 13.0. The first-order valence-electron chi connectivity index (χ1n) is 7.25. The van der Waals surface area contributed by atoms with Crippen LogP contribution in [0.3, 0.4) is 0 Å². The number of aryl methyl sites for hydroxylation is 2.